The fraction of sp³-hybridized carbons (Fsp3) is 0.688. The number of hydrogen-bond donors (Lipinski definition) is 1. The lowest BCUT2D eigenvalue weighted by Gasteiger charge is -2.29. The van der Waals surface area contributed by atoms with Gasteiger partial charge in [0.15, 0.2) is 0 Å². The van der Waals surface area contributed by atoms with E-state index in [2.05, 4.69) is 35.1 Å². The number of hydrogen-bond acceptors (Lipinski definition) is 3. The minimum atomic E-state index is 0.541. The summed E-state index contributed by atoms with van der Waals surface area (Å²) in [4.78, 5) is 6.97. The zero-order chi connectivity index (χ0) is 13.7. The van der Waals surface area contributed by atoms with Crippen LogP contribution in [0.15, 0.2) is 12.3 Å². The molecule has 19 heavy (non-hydrogen) atoms. The highest BCUT2D eigenvalue weighted by Gasteiger charge is 2.13. The number of nitrogens with zero attached hydrogens (tertiary/aromatic N) is 2. The summed E-state index contributed by atoms with van der Waals surface area (Å²) in [6.07, 6.45) is 6.15. The molecule has 0 radical (unpaired) electrons. The molecule has 0 spiro atoms. The van der Waals surface area contributed by atoms with E-state index in [-0.39, 0.29) is 0 Å². The van der Waals surface area contributed by atoms with E-state index in [9.17, 15) is 0 Å². The Hall–Kier alpha value is -0.930. The topological polar surface area (TPSA) is 28.2 Å². The second-order valence-corrected chi connectivity index (χ2v) is 5.90. The van der Waals surface area contributed by atoms with Gasteiger partial charge in [-0.3, -0.25) is 4.98 Å². The molecule has 3 nitrogen and oxygen atoms in total. The first-order chi connectivity index (χ1) is 9.15. The molecule has 2 rings (SSSR count). The number of aryl methyl sites for hydroxylation is 2. The van der Waals surface area contributed by atoms with E-state index in [0.29, 0.717) is 6.04 Å². The fourth-order valence-electron chi connectivity index (χ4n) is 2.79. The lowest BCUT2D eigenvalue weighted by molar-refractivity contribution is 0.209. The minimum absolute atomic E-state index is 0.541. The van der Waals surface area contributed by atoms with E-state index in [1.807, 2.05) is 13.1 Å². The van der Waals surface area contributed by atoms with Crippen molar-refractivity contribution >= 4 is 0 Å². The Labute approximate surface area is 117 Å². The van der Waals surface area contributed by atoms with Crippen LogP contribution in [0.4, 0.5) is 0 Å². The quantitative estimate of drug-likeness (QED) is 0.883. The lowest BCUT2D eigenvalue weighted by atomic mass is 10.1. The normalized spacial score (nSPS) is 18.5. The fourth-order valence-corrected chi connectivity index (χ4v) is 2.79. The zero-order valence-electron chi connectivity index (χ0n) is 12.6. The monoisotopic (exact) mass is 261 g/mol. The molecule has 1 aliphatic rings. The number of pyridine rings is 1. The molecule has 1 aromatic heterocycles. The van der Waals surface area contributed by atoms with Gasteiger partial charge in [0.1, 0.15) is 0 Å². The van der Waals surface area contributed by atoms with Crippen LogP contribution in [0.5, 0.6) is 0 Å². The molecule has 1 aromatic rings. The molecular weight excluding hydrogens is 234 g/mol. The average Bonchev–Trinajstić information content (AvgIpc) is 2.39. The van der Waals surface area contributed by atoms with Crippen molar-refractivity contribution in [3.05, 3.63) is 29.1 Å². The van der Waals surface area contributed by atoms with Gasteiger partial charge in [0.2, 0.25) is 0 Å². The SMILES string of the molecule is Cc1cc(C)c(CN[C@@H](C)CN2CCCCC2)cn1. The number of aromatic nitrogens is 1. The number of piperidine rings is 1. The highest BCUT2D eigenvalue weighted by atomic mass is 15.1. The van der Waals surface area contributed by atoms with E-state index >= 15 is 0 Å². The molecule has 0 aliphatic carbocycles. The van der Waals surface area contributed by atoms with Gasteiger partial charge in [-0.2, -0.15) is 0 Å². The van der Waals surface area contributed by atoms with Gasteiger partial charge < -0.3 is 10.2 Å². The summed E-state index contributed by atoms with van der Waals surface area (Å²) in [5, 5.41) is 3.62. The molecule has 0 aromatic carbocycles. The maximum atomic E-state index is 4.38. The van der Waals surface area contributed by atoms with Crippen molar-refractivity contribution in [3.8, 4) is 0 Å². The summed E-state index contributed by atoms with van der Waals surface area (Å²) < 4.78 is 0. The second-order valence-electron chi connectivity index (χ2n) is 5.90. The number of rotatable bonds is 5. The van der Waals surface area contributed by atoms with Crippen molar-refractivity contribution in [3.63, 3.8) is 0 Å². The van der Waals surface area contributed by atoms with Gasteiger partial charge in [-0.15, -0.1) is 0 Å². The van der Waals surface area contributed by atoms with Crippen LogP contribution in [0.1, 0.15) is 43.0 Å². The number of nitrogens with one attached hydrogen (secondary N) is 1. The van der Waals surface area contributed by atoms with Crippen molar-refractivity contribution < 1.29 is 0 Å². The van der Waals surface area contributed by atoms with Gasteiger partial charge in [-0.05, 0) is 63.9 Å². The average molecular weight is 261 g/mol. The van der Waals surface area contributed by atoms with Gasteiger partial charge in [0, 0.05) is 31.0 Å². The summed E-state index contributed by atoms with van der Waals surface area (Å²) in [6, 6.07) is 2.70. The molecule has 2 heterocycles. The van der Waals surface area contributed by atoms with Gasteiger partial charge >= 0.3 is 0 Å². The lowest BCUT2D eigenvalue weighted by Crippen LogP contribution is -2.41. The first-order valence-electron chi connectivity index (χ1n) is 7.53. The Morgan fingerprint density at radius 3 is 2.68 bits per heavy atom. The van der Waals surface area contributed by atoms with Gasteiger partial charge in [0.25, 0.3) is 0 Å². The van der Waals surface area contributed by atoms with Crippen LogP contribution in [0.25, 0.3) is 0 Å². The molecule has 3 heteroatoms. The van der Waals surface area contributed by atoms with Crippen molar-refractivity contribution in [2.45, 2.75) is 52.6 Å². The Balaban J connectivity index is 1.77. The third kappa shape index (κ3) is 4.59. The third-order valence-electron chi connectivity index (χ3n) is 3.98. The molecule has 0 bridgehead atoms. The smallest absolute Gasteiger partial charge is 0.0375 e. The molecular formula is C16H27N3. The van der Waals surface area contributed by atoms with Crippen LogP contribution in [0, 0.1) is 13.8 Å². The molecule has 1 N–H and O–H groups in total. The van der Waals surface area contributed by atoms with Crippen LogP contribution < -0.4 is 5.32 Å². The van der Waals surface area contributed by atoms with Crippen LogP contribution in [0.3, 0.4) is 0 Å². The Bertz CT molecular complexity index is 397. The maximum Gasteiger partial charge on any atom is 0.0375 e. The first-order valence-corrected chi connectivity index (χ1v) is 7.53. The first kappa shape index (κ1) is 14.5. The molecule has 1 atom stereocenters. The summed E-state index contributed by atoms with van der Waals surface area (Å²) >= 11 is 0. The Morgan fingerprint density at radius 2 is 2.00 bits per heavy atom. The summed E-state index contributed by atoms with van der Waals surface area (Å²) in [5.74, 6) is 0. The van der Waals surface area contributed by atoms with E-state index in [0.717, 1.165) is 12.2 Å². The number of likely N-dealkylation sites (tertiary alicyclic amines) is 1. The van der Waals surface area contributed by atoms with Crippen molar-refractivity contribution in [1.29, 1.82) is 0 Å². The van der Waals surface area contributed by atoms with Crippen molar-refractivity contribution in [1.82, 2.24) is 15.2 Å². The largest absolute Gasteiger partial charge is 0.309 e. The molecule has 0 amide bonds. The van der Waals surface area contributed by atoms with E-state index in [4.69, 9.17) is 0 Å². The highest BCUT2D eigenvalue weighted by Crippen LogP contribution is 2.10. The molecule has 1 saturated heterocycles. The van der Waals surface area contributed by atoms with Crippen LogP contribution in [0.2, 0.25) is 0 Å². The summed E-state index contributed by atoms with van der Waals surface area (Å²) in [5.41, 5.74) is 3.75. The van der Waals surface area contributed by atoms with Crippen LogP contribution in [-0.2, 0) is 6.54 Å². The van der Waals surface area contributed by atoms with Crippen molar-refractivity contribution in [2.24, 2.45) is 0 Å². The predicted octanol–water partition coefficient (Wildman–Crippen LogP) is 2.66. The highest BCUT2D eigenvalue weighted by molar-refractivity contribution is 5.24. The van der Waals surface area contributed by atoms with E-state index < -0.39 is 0 Å². The van der Waals surface area contributed by atoms with E-state index in [1.165, 1.54) is 50.0 Å². The Kier molecular flexibility index (Phi) is 5.34. The minimum Gasteiger partial charge on any atom is -0.309 e. The molecule has 0 saturated carbocycles. The molecule has 1 fully saturated rings. The zero-order valence-corrected chi connectivity index (χ0v) is 12.6. The van der Waals surface area contributed by atoms with Crippen LogP contribution in [-0.4, -0.2) is 35.6 Å². The second kappa shape index (κ2) is 7.01. The maximum absolute atomic E-state index is 4.38. The summed E-state index contributed by atoms with van der Waals surface area (Å²) in [6.45, 7) is 11.1. The van der Waals surface area contributed by atoms with Crippen molar-refractivity contribution in [2.75, 3.05) is 19.6 Å². The molecule has 1 aliphatic heterocycles. The summed E-state index contributed by atoms with van der Waals surface area (Å²) in [7, 11) is 0. The van der Waals surface area contributed by atoms with Gasteiger partial charge in [-0.1, -0.05) is 6.42 Å². The third-order valence-corrected chi connectivity index (χ3v) is 3.98. The standard InChI is InChI=1S/C16H27N3/c1-13-9-14(2)17-10-16(13)11-18-15(3)12-19-7-5-4-6-8-19/h9-10,15,18H,4-8,11-12H2,1-3H3/t15-/m0/s1. The van der Waals surface area contributed by atoms with E-state index in [1.54, 1.807) is 0 Å². The molecule has 106 valence electrons. The predicted molar refractivity (Wildman–Crippen MR) is 80.3 cm³/mol. The Morgan fingerprint density at radius 1 is 1.26 bits per heavy atom. The van der Waals surface area contributed by atoms with Crippen LogP contribution >= 0.6 is 0 Å². The molecule has 0 unspecified atom stereocenters. The van der Waals surface area contributed by atoms with Gasteiger partial charge in [0.05, 0.1) is 0 Å². The van der Waals surface area contributed by atoms with Gasteiger partial charge in [-0.25, -0.2) is 0 Å².